The topological polar surface area (TPSA) is 54.3 Å². The number of likely N-dealkylation sites (tertiary alicyclic amines) is 1. The smallest absolute Gasteiger partial charge is 0.268 e. The van der Waals surface area contributed by atoms with Crippen LogP contribution in [0.3, 0.4) is 0 Å². The van der Waals surface area contributed by atoms with Crippen molar-refractivity contribution in [3.8, 4) is 0 Å². The number of aromatic nitrogens is 1. The molecule has 2 heterocycles. The second-order valence-electron chi connectivity index (χ2n) is 9.07. The summed E-state index contributed by atoms with van der Waals surface area (Å²) in [4.78, 5) is 28.4. The van der Waals surface area contributed by atoms with E-state index in [0.717, 1.165) is 45.1 Å². The fraction of sp³-hybridized carbons (Fsp3) is 0.714. The molecule has 0 radical (unpaired) electrons. The lowest BCUT2D eigenvalue weighted by atomic mass is 9.86. The number of nitrogens with zero attached hydrogens (tertiary/aromatic N) is 2. The predicted molar refractivity (Wildman–Crippen MR) is 98.6 cm³/mol. The van der Waals surface area contributed by atoms with Gasteiger partial charge in [-0.25, -0.2) is 0 Å². The van der Waals surface area contributed by atoms with Crippen LogP contribution >= 0.6 is 0 Å². The number of amides is 2. The van der Waals surface area contributed by atoms with Gasteiger partial charge in [-0.1, -0.05) is 12.8 Å². The molecule has 3 aliphatic carbocycles. The van der Waals surface area contributed by atoms with E-state index in [9.17, 15) is 9.59 Å². The lowest BCUT2D eigenvalue weighted by Crippen LogP contribution is -2.55. The van der Waals surface area contributed by atoms with E-state index < -0.39 is 0 Å². The zero-order valence-electron chi connectivity index (χ0n) is 15.7. The van der Waals surface area contributed by atoms with Gasteiger partial charge < -0.3 is 14.8 Å². The molecule has 1 saturated heterocycles. The second kappa shape index (κ2) is 5.61. The Hall–Kier alpha value is -1.78. The Balaban J connectivity index is 1.35. The van der Waals surface area contributed by atoms with Crippen molar-refractivity contribution in [2.24, 2.45) is 18.4 Å². The lowest BCUT2D eigenvalue weighted by Gasteiger charge is -2.35. The fourth-order valence-electron chi connectivity index (χ4n) is 6.27. The molecule has 5 nitrogen and oxygen atoms in total. The summed E-state index contributed by atoms with van der Waals surface area (Å²) in [5.41, 5.74) is 0.453. The van der Waals surface area contributed by atoms with Crippen molar-refractivity contribution >= 4 is 11.8 Å². The van der Waals surface area contributed by atoms with Gasteiger partial charge in [0, 0.05) is 19.8 Å². The van der Waals surface area contributed by atoms with E-state index in [2.05, 4.69) is 10.2 Å². The lowest BCUT2D eigenvalue weighted by molar-refractivity contribution is -0.139. The van der Waals surface area contributed by atoms with E-state index in [-0.39, 0.29) is 22.9 Å². The monoisotopic (exact) mass is 355 g/mol. The Kier molecular flexibility index (Phi) is 3.54. The first-order valence-corrected chi connectivity index (χ1v) is 10.3. The van der Waals surface area contributed by atoms with E-state index in [4.69, 9.17) is 0 Å². The minimum atomic E-state index is -0.216. The molecular formula is C21H29N3O2. The molecule has 3 saturated carbocycles. The molecule has 0 aromatic carbocycles. The van der Waals surface area contributed by atoms with Crippen LogP contribution in [0.4, 0.5) is 0 Å². The van der Waals surface area contributed by atoms with Gasteiger partial charge in [-0.15, -0.1) is 0 Å². The number of fused-ring (bicyclic) bond motifs is 2. The van der Waals surface area contributed by atoms with Crippen LogP contribution in [-0.4, -0.2) is 39.4 Å². The summed E-state index contributed by atoms with van der Waals surface area (Å²) in [5, 5.41) is 3.36. The van der Waals surface area contributed by atoms with Crippen molar-refractivity contribution in [1.29, 1.82) is 0 Å². The van der Waals surface area contributed by atoms with E-state index >= 15 is 0 Å². The number of nitrogens with one attached hydrogen (secondary N) is 1. The van der Waals surface area contributed by atoms with Gasteiger partial charge >= 0.3 is 0 Å². The molecule has 26 heavy (non-hydrogen) atoms. The Morgan fingerprint density at radius 2 is 2.04 bits per heavy atom. The molecule has 5 heteroatoms. The van der Waals surface area contributed by atoms with Crippen LogP contribution in [0, 0.1) is 11.3 Å². The van der Waals surface area contributed by atoms with Crippen LogP contribution in [0.15, 0.2) is 18.3 Å². The largest absolute Gasteiger partial charge is 0.347 e. The van der Waals surface area contributed by atoms with Gasteiger partial charge in [-0.2, -0.15) is 0 Å². The van der Waals surface area contributed by atoms with Gasteiger partial charge in [0.2, 0.25) is 5.91 Å². The Bertz CT molecular complexity index is 756. The van der Waals surface area contributed by atoms with Gasteiger partial charge in [0.15, 0.2) is 0 Å². The minimum absolute atomic E-state index is 0.00109. The highest BCUT2D eigenvalue weighted by Crippen LogP contribution is 2.63. The molecule has 4 unspecified atom stereocenters. The molecule has 1 aromatic rings. The standard InChI is InChI=1S/C21H29N3O2/c1-23-12-5-7-16(23)18(25)22-21-10-4-8-17(21)24(13-11-21)19(26)20-9-3-2-6-15(20)14-20/h5,7,12,15,17H,2-4,6,8-11,13-14H2,1H3,(H,22,25). The van der Waals surface area contributed by atoms with Gasteiger partial charge in [-0.05, 0) is 63.0 Å². The Morgan fingerprint density at radius 3 is 2.81 bits per heavy atom. The predicted octanol–water partition coefficient (Wildman–Crippen LogP) is 2.86. The average Bonchev–Trinajstić information content (AvgIpc) is 2.86. The zero-order chi connectivity index (χ0) is 17.9. The van der Waals surface area contributed by atoms with Crippen molar-refractivity contribution in [2.45, 2.75) is 69.4 Å². The third kappa shape index (κ3) is 2.21. The van der Waals surface area contributed by atoms with Crippen molar-refractivity contribution < 1.29 is 9.59 Å². The summed E-state index contributed by atoms with van der Waals surface area (Å²) in [6, 6.07) is 3.96. The number of rotatable bonds is 3. The zero-order valence-corrected chi connectivity index (χ0v) is 15.7. The second-order valence-corrected chi connectivity index (χ2v) is 9.07. The SMILES string of the molecule is Cn1cccc1C(=O)NC12CCCC1N(C(=O)C13CCCCC1C3)CC2. The normalized spacial score (nSPS) is 38.0. The quantitative estimate of drug-likeness (QED) is 0.906. The highest BCUT2D eigenvalue weighted by atomic mass is 16.2. The number of carbonyl (C=O) groups excluding carboxylic acids is 2. The van der Waals surface area contributed by atoms with Crippen LogP contribution < -0.4 is 5.32 Å². The minimum Gasteiger partial charge on any atom is -0.347 e. The van der Waals surface area contributed by atoms with Gasteiger partial charge in [0.05, 0.1) is 17.0 Å². The van der Waals surface area contributed by atoms with Crippen LogP contribution in [-0.2, 0) is 11.8 Å². The molecule has 0 spiro atoms. The van der Waals surface area contributed by atoms with Gasteiger partial charge in [-0.3, -0.25) is 9.59 Å². The van der Waals surface area contributed by atoms with Crippen molar-refractivity contribution in [1.82, 2.24) is 14.8 Å². The highest BCUT2D eigenvalue weighted by molar-refractivity contribution is 5.93. The van der Waals surface area contributed by atoms with Gasteiger partial charge in [0.25, 0.3) is 5.91 Å². The molecule has 2 amide bonds. The summed E-state index contributed by atoms with van der Waals surface area (Å²) in [7, 11) is 1.90. The molecule has 4 atom stereocenters. The van der Waals surface area contributed by atoms with Crippen molar-refractivity contribution in [3.05, 3.63) is 24.0 Å². The van der Waals surface area contributed by atoms with Crippen molar-refractivity contribution in [2.75, 3.05) is 6.54 Å². The molecule has 4 aliphatic rings. The van der Waals surface area contributed by atoms with Gasteiger partial charge in [0.1, 0.15) is 5.69 Å². The Labute approximate surface area is 155 Å². The molecule has 4 fully saturated rings. The molecule has 0 bridgehead atoms. The van der Waals surface area contributed by atoms with E-state index in [0.29, 0.717) is 17.5 Å². The van der Waals surface area contributed by atoms with Crippen LogP contribution in [0.25, 0.3) is 0 Å². The molecule has 1 aliphatic heterocycles. The number of hydrogen-bond donors (Lipinski definition) is 1. The summed E-state index contributed by atoms with van der Waals surface area (Å²) in [6.07, 6.45) is 11.8. The number of hydrogen-bond acceptors (Lipinski definition) is 2. The van der Waals surface area contributed by atoms with E-state index in [1.807, 2.05) is 29.9 Å². The Morgan fingerprint density at radius 1 is 1.15 bits per heavy atom. The molecular weight excluding hydrogens is 326 g/mol. The summed E-state index contributed by atoms with van der Waals surface area (Å²) in [5.74, 6) is 1.04. The number of aryl methyl sites for hydroxylation is 1. The fourth-order valence-corrected chi connectivity index (χ4v) is 6.27. The van der Waals surface area contributed by atoms with E-state index in [1.54, 1.807) is 0 Å². The number of carbonyl (C=O) groups is 2. The van der Waals surface area contributed by atoms with Crippen molar-refractivity contribution in [3.63, 3.8) is 0 Å². The highest BCUT2D eigenvalue weighted by Gasteiger charge is 2.64. The summed E-state index contributed by atoms with van der Waals surface area (Å²) < 4.78 is 1.86. The first-order valence-electron chi connectivity index (χ1n) is 10.3. The first-order chi connectivity index (χ1) is 12.6. The molecule has 140 valence electrons. The third-order valence-corrected chi connectivity index (χ3v) is 7.80. The van der Waals surface area contributed by atoms with Crippen LogP contribution in [0.5, 0.6) is 0 Å². The van der Waals surface area contributed by atoms with Crippen LogP contribution in [0.1, 0.15) is 68.3 Å². The maximum absolute atomic E-state index is 13.4. The average molecular weight is 355 g/mol. The van der Waals surface area contributed by atoms with Crippen LogP contribution in [0.2, 0.25) is 0 Å². The molecule has 5 rings (SSSR count). The molecule has 1 aromatic heterocycles. The first kappa shape index (κ1) is 16.4. The molecule has 1 N–H and O–H groups in total. The van der Waals surface area contributed by atoms with E-state index in [1.165, 1.54) is 19.3 Å². The summed E-state index contributed by atoms with van der Waals surface area (Å²) in [6.45, 7) is 0.811. The summed E-state index contributed by atoms with van der Waals surface area (Å²) >= 11 is 0. The maximum atomic E-state index is 13.4. The maximum Gasteiger partial charge on any atom is 0.268 e. The third-order valence-electron chi connectivity index (χ3n) is 7.80.